The molecule has 0 saturated heterocycles. The van der Waals surface area contributed by atoms with Gasteiger partial charge in [-0.2, -0.15) is 0 Å². The summed E-state index contributed by atoms with van der Waals surface area (Å²) < 4.78 is 0. The highest BCUT2D eigenvalue weighted by Gasteiger charge is 2.32. The molecule has 0 aliphatic heterocycles. The minimum absolute atomic E-state index is 0.0896. The zero-order valence-electron chi connectivity index (χ0n) is 10.8. The number of carbonyl (C=O) groups is 2. The molecule has 98 valence electrons. The predicted octanol–water partition coefficient (Wildman–Crippen LogP) is 1.41. The molecule has 0 aromatic rings. The fraction of sp³-hybridized carbons (Fsp3) is 0.846. The molecule has 1 aliphatic carbocycles. The Morgan fingerprint density at radius 2 is 1.94 bits per heavy atom. The van der Waals surface area contributed by atoms with Crippen molar-refractivity contribution in [2.45, 2.75) is 58.0 Å². The fourth-order valence-corrected chi connectivity index (χ4v) is 2.35. The number of carbonyl (C=O) groups excluding carboxylic acids is 2. The monoisotopic (exact) mass is 241 g/mol. The topological polar surface area (TPSA) is 66.4 Å². The van der Waals surface area contributed by atoms with Crippen LogP contribution >= 0.6 is 0 Å². The molecule has 0 unspecified atom stereocenters. The van der Waals surface area contributed by atoms with Gasteiger partial charge >= 0.3 is 0 Å². The molecule has 1 rings (SSSR count). The van der Waals surface area contributed by atoms with Crippen LogP contribution in [0.5, 0.6) is 0 Å². The molecule has 0 aromatic carbocycles. The molecule has 4 nitrogen and oxygen atoms in total. The van der Waals surface area contributed by atoms with Crippen molar-refractivity contribution >= 4 is 11.7 Å². The number of aliphatic hydroxyl groups is 1. The van der Waals surface area contributed by atoms with Crippen LogP contribution in [0.1, 0.15) is 52.4 Å². The molecule has 0 aromatic heterocycles. The van der Waals surface area contributed by atoms with Crippen LogP contribution in [0.2, 0.25) is 0 Å². The van der Waals surface area contributed by atoms with Crippen molar-refractivity contribution in [1.29, 1.82) is 0 Å². The van der Waals surface area contributed by atoms with Gasteiger partial charge in [-0.1, -0.05) is 13.3 Å². The lowest BCUT2D eigenvalue weighted by Gasteiger charge is -2.35. The molecule has 0 atom stereocenters. The smallest absolute Gasteiger partial charge is 0.227 e. The Labute approximate surface area is 103 Å². The van der Waals surface area contributed by atoms with E-state index in [0.29, 0.717) is 5.92 Å². The SMILES string of the molecule is CCC1CCC(O)(CNC(=O)CC(C)=O)CC1. The minimum atomic E-state index is -0.766. The molecule has 0 heterocycles. The molecular weight excluding hydrogens is 218 g/mol. The number of hydrogen-bond donors (Lipinski definition) is 2. The van der Waals surface area contributed by atoms with Gasteiger partial charge in [0.1, 0.15) is 5.78 Å². The Bertz CT molecular complexity index is 280. The summed E-state index contributed by atoms with van der Waals surface area (Å²) in [7, 11) is 0. The van der Waals surface area contributed by atoms with Gasteiger partial charge in [0.25, 0.3) is 0 Å². The quantitative estimate of drug-likeness (QED) is 0.715. The normalized spacial score (nSPS) is 28.8. The second kappa shape index (κ2) is 6.15. The second-order valence-electron chi connectivity index (χ2n) is 5.23. The maximum absolute atomic E-state index is 11.3. The van der Waals surface area contributed by atoms with E-state index in [-0.39, 0.29) is 24.7 Å². The van der Waals surface area contributed by atoms with Crippen molar-refractivity contribution in [3.05, 3.63) is 0 Å². The van der Waals surface area contributed by atoms with Crippen LogP contribution in [0, 0.1) is 5.92 Å². The molecule has 1 aliphatic rings. The Balaban J connectivity index is 2.31. The van der Waals surface area contributed by atoms with Crippen LogP contribution in [-0.4, -0.2) is 28.9 Å². The zero-order valence-corrected chi connectivity index (χ0v) is 10.8. The first-order valence-corrected chi connectivity index (χ1v) is 6.44. The van der Waals surface area contributed by atoms with Gasteiger partial charge in [0.15, 0.2) is 0 Å². The first kappa shape index (κ1) is 14.2. The van der Waals surface area contributed by atoms with Gasteiger partial charge in [0.05, 0.1) is 12.0 Å². The molecule has 0 radical (unpaired) electrons. The molecule has 4 heteroatoms. The third-order valence-corrected chi connectivity index (χ3v) is 3.64. The summed E-state index contributed by atoms with van der Waals surface area (Å²) in [4.78, 5) is 22.1. The largest absolute Gasteiger partial charge is 0.388 e. The molecule has 1 saturated carbocycles. The Hall–Kier alpha value is -0.900. The van der Waals surface area contributed by atoms with Crippen LogP contribution in [0.15, 0.2) is 0 Å². The number of hydrogen-bond acceptors (Lipinski definition) is 3. The zero-order chi connectivity index (χ0) is 12.9. The van der Waals surface area contributed by atoms with Crippen molar-refractivity contribution in [1.82, 2.24) is 5.32 Å². The van der Waals surface area contributed by atoms with Gasteiger partial charge < -0.3 is 10.4 Å². The van der Waals surface area contributed by atoms with Crippen LogP contribution in [0.25, 0.3) is 0 Å². The number of nitrogens with one attached hydrogen (secondary N) is 1. The van der Waals surface area contributed by atoms with Crippen LogP contribution < -0.4 is 5.32 Å². The van der Waals surface area contributed by atoms with Crippen molar-refractivity contribution < 1.29 is 14.7 Å². The van der Waals surface area contributed by atoms with Crippen LogP contribution in [-0.2, 0) is 9.59 Å². The first-order chi connectivity index (χ1) is 7.95. The molecular formula is C13H23NO3. The van der Waals surface area contributed by atoms with Crippen LogP contribution in [0.4, 0.5) is 0 Å². The highest BCUT2D eigenvalue weighted by molar-refractivity contribution is 5.96. The van der Waals surface area contributed by atoms with Gasteiger partial charge in [-0.05, 0) is 38.5 Å². The van der Waals surface area contributed by atoms with E-state index >= 15 is 0 Å². The predicted molar refractivity (Wildman–Crippen MR) is 65.5 cm³/mol. The maximum atomic E-state index is 11.3. The minimum Gasteiger partial charge on any atom is -0.388 e. The van der Waals surface area contributed by atoms with Crippen molar-refractivity contribution in [2.24, 2.45) is 5.92 Å². The maximum Gasteiger partial charge on any atom is 0.227 e. The molecule has 0 spiro atoms. The Kier molecular flexibility index (Phi) is 5.12. The van der Waals surface area contributed by atoms with E-state index in [0.717, 1.165) is 32.1 Å². The number of ketones is 1. The summed E-state index contributed by atoms with van der Waals surface area (Å²) in [6, 6.07) is 0. The third kappa shape index (κ3) is 4.86. The Morgan fingerprint density at radius 3 is 2.41 bits per heavy atom. The average Bonchev–Trinajstić information content (AvgIpc) is 2.27. The Morgan fingerprint density at radius 1 is 1.35 bits per heavy atom. The van der Waals surface area contributed by atoms with E-state index in [2.05, 4.69) is 12.2 Å². The molecule has 2 N–H and O–H groups in total. The summed E-state index contributed by atoms with van der Waals surface area (Å²) in [5.41, 5.74) is -0.766. The summed E-state index contributed by atoms with van der Waals surface area (Å²) in [5, 5.41) is 12.9. The fourth-order valence-electron chi connectivity index (χ4n) is 2.35. The summed E-state index contributed by atoms with van der Waals surface area (Å²) >= 11 is 0. The van der Waals surface area contributed by atoms with Gasteiger partial charge in [-0.15, -0.1) is 0 Å². The van der Waals surface area contributed by atoms with Crippen molar-refractivity contribution in [3.63, 3.8) is 0 Å². The second-order valence-corrected chi connectivity index (χ2v) is 5.23. The third-order valence-electron chi connectivity index (χ3n) is 3.64. The first-order valence-electron chi connectivity index (χ1n) is 6.44. The van der Waals surface area contributed by atoms with E-state index in [9.17, 15) is 14.7 Å². The van der Waals surface area contributed by atoms with E-state index < -0.39 is 5.60 Å². The molecule has 1 amide bonds. The highest BCUT2D eigenvalue weighted by atomic mass is 16.3. The van der Waals surface area contributed by atoms with Crippen molar-refractivity contribution in [3.8, 4) is 0 Å². The van der Waals surface area contributed by atoms with Crippen molar-refractivity contribution in [2.75, 3.05) is 6.54 Å². The van der Waals surface area contributed by atoms with Gasteiger partial charge in [0.2, 0.25) is 5.91 Å². The summed E-state index contributed by atoms with van der Waals surface area (Å²) in [5.74, 6) is 0.274. The van der Waals surface area contributed by atoms with E-state index in [1.54, 1.807) is 0 Å². The number of amides is 1. The standard InChI is InChI=1S/C13H23NO3/c1-3-11-4-6-13(17,7-5-11)9-14-12(16)8-10(2)15/h11,17H,3-9H2,1-2H3,(H,14,16). The number of Topliss-reactive ketones (excluding diaryl/α,β-unsaturated/α-hetero) is 1. The highest BCUT2D eigenvalue weighted by Crippen LogP contribution is 2.33. The lowest BCUT2D eigenvalue weighted by atomic mass is 9.78. The van der Waals surface area contributed by atoms with E-state index in [1.165, 1.54) is 6.92 Å². The van der Waals surface area contributed by atoms with Gasteiger partial charge in [-0.25, -0.2) is 0 Å². The van der Waals surface area contributed by atoms with E-state index in [4.69, 9.17) is 0 Å². The molecule has 1 fully saturated rings. The van der Waals surface area contributed by atoms with Gasteiger partial charge in [0, 0.05) is 6.54 Å². The summed E-state index contributed by atoms with van der Waals surface area (Å²) in [6.45, 7) is 3.83. The van der Waals surface area contributed by atoms with E-state index in [1.807, 2.05) is 0 Å². The lowest BCUT2D eigenvalue weighted by Crippen LogP contribution is -2.45. The summed E-state index contributed by atoms with van der Waals surface area (Å²) in [6.07, 6.45) is 4.60. The number of rotatable bonds is 5. The molecule has 0 bridgehead atoms. The van der Waals surface area contributed by atoms with Crippen LogP contribution in [0.3, 0.4) is 0 Å². The van der Waals surface area contributed by atoms with Gasteiger partial charge in [-0.3, -0.25) is 9.59 Å². The molecule has 17 heavy (non-hydrogen) atoms. The average molecular weight is 241 g/mol. The lowest BCUT2D eigenvalue weighted by molar-refractivity contribution is -0.128.